The molecule has 0 saturated heterocycles. The molecule has 1 saturated carbocycles. The Morgan fingerprint density at radius 3 is 2.42 bits per heavy atom. The van der Waals surface area contributed by atoms with E-state index in [2.05, 4.69) is 5.32 Å². The lowest BCUT2D eigenvalue weighted by atomic mass is 10.1. The van der Waals surface area contributed by atoms with Gasteiger partial charge in [0.1, 0.15) is 0 Å². The van der Waals surface area contributed by atoms with E-state index in [9.17, 15) is 14.4 Å². The van der Waals surface area contributed by atoms with E-state index in [-0.39, 0.29) is 12.5 Å². The fourth-order valence-corrected chi connectivity index (χ4v) is 1.64. The molecule has 0 bridgehead atoms. The molecule has 0 unspecified atom stereocenters. The number of rotatable bonds is 5. The Balaban J connectivity index is 1.72. The predicted molar refractivity (Wildman–Crippen MR) is 69.5 cm³/mol. The van der Waals surface area contributed by atoms with Crippen molar-refractivity contribution in [3.63, 3.8) is 0 Å². The van der Waals surface area contributed by atoms with Gasteiger partial charge in [0.05, 0.1) is 0 Å². The van der Waals surface area contributed by atoms with Gasteiger partial charge in [0, 0.05) is 12.5 Å². The van der Waals surface area contributed by atoms with Crippen LogP contribution in [0.3, 0.4) is 0 Å². The lowest BCUT2D eigenvalue weighted by molar-refractivity contribution is -0.137. The summed E-state index contributed by atoms with van der Waals surface area (Å²) in [6.07, 6.45) is 2.47. The number of imide groups is 1. The molecule has 100 valence electrons. The van der Waals surface area contributed by atoms with Gasteiger partial charge in [0.15, 0.2) is 0 Å². The van der Waals surface area contributed by atoms with Crippen molar-refractivity contribution in [2.75, 3.05) is 0 Å². The van der Waals surface area contributed by atoms with Crippen LogP contribution in [0.5, 0.6) is 0 Å². The number of hydrogen-bond acceptors (Lipinski definition) is 3. The van der Waals surface area contributed by atoms with E-state index in [0.29, 0.717) is 6.42 Å². The minimum Gasteiger partial charge on any atom is -0.335 e. The number of ketones is 1. The van der Waals surface area contributed by atoms with Gasteiger partial charge < -0.3 is 5.32 Å². The molecular weight excluding hydrogens is 244 g/mol. The van der Waals surface area contributed by atoms with Gasteiger partial charge in [-0.3, -0.25) is 14.9 Å². The Bertz CT molecular complexity index is 481. The number of urea groups is 1. The largest absolute Gasteiger partial charge is 0.335 e. The Morgan fingerprint density at radius 1 is 1.11 bits per heavy atom. The van der Waals surface area contributed by atoms with Crippen molar-refractivity contribution in [1.82, 2.24) is 10.6 Å². The zero-order chi connectivity index (χ0) is 13.7. The maximum atomic E-state index is 11.6. The van der Waals surface area contributed by atoms with E-state index in [1.54, 1.807) is 0 Å². The lowest BCUT2D eigenvalue weighted by Crippen LogP contribution is -2.43. The van der Waals surface area contributed by atoms with Crippen molar-refractivity contribution in [2.24, 2.45) is 0 Å². The van der Waals surface area contributed by atoms with Gasteiger partial charge in [0.25, 0.3) is 5.91 Å². The summed E-state index contributed by atoms with van der Waals surface area (Å²) in [5.41, 5.74) is 0.992. The van der Waals surface area contributed by atoms with E-state index in [1.165, 1.54) is 0 Å². The first-order chi connectivity index (χ1) is 9.15. The molecule has 19 heavy (non-hydrogen) atoms. The summed E-state index contributed by atoms with van der Waals surface area (Å²) >= 11 is 0. The van der Waals surface area contributed by atoms with Crippen LogP contribution < -0.4 is 10.6 Å². The van der Waals surface area contributed by atoms with Gasteiger partial charge >= 0.3 is 6.03 Å². The summed E-state index contributed by atoms with van der Waals surface area (Å²) in [5, 5.41) is 4.64. The third-order valence-corrected chi connectivity index (χ3v) is 2.88. The molecule has 1 aromatic rings. The van der Waals surface area contributed by atoms with Crippen LogP contribution in [0, 0.1) is 0 Å². The molecular formula is C14H16N2O3. The maximum absolute atomic E-state index is 11.6. The molecule has 0 aliphatic heterocycles. The van der Waals surface area contributed by atoms with Crippen LogP contribution in [-0.2, 0) is 16.0 Å². The topological polar surface area (TPSA) is 75.3 Å². The van der Waals surface area contributed by atoms with E-state index >= 15 is 0 Å². The molecule has 0 aromatic heterocycles. The van der Waals surface area contributed by atoms with E-state index in [0.717, 1.165) is 18.4 Å². The van der Waals surface area contributed by atoms with Crippen molar-refractivity contribution in [1.29, 1.82) is 0 Å². The molecule has 1 aliphatic carbocycles. The molecule has 0 heterocycles. The van der Waals surface area contributed by atoms with Gasteiger partial charge in [-0.25, -0.2) is 4.79 Å². The summed E-state index contributed by atoms with van der Waals surface area (Å²) in [4.78, 5) is 34.3. The number of nitrogens with one attached hydrogen (secondary N) is 2. The highest BCUT2D eigenvalue weighted by atomic mass is 16.2. The minimum atomic E-state index is -0.839. The number of amides is 3. The Kier molecular flexibility index (Phi) is 4.28. The molecule has 2 rings (SSSR count). The summed E-state index contributed by atoms with van der Waals surface area (Å²) < 4.78 is 0. The number of benzene rings is 1. The zero-order valence-corrected chi connectivity index (χ0v) is 10.5. The molecule has 2 N–H and O–H groups in total. The van der Waals surface area contributed by atoms with Crippen molar-refractivity contribution in [3.8, 4) is 0 Å². The highest BCUT2D eigenvalue weighted by Gasteiger charge is 2.25. The quantitative estimate of drug-likeness (QED) is 0.780. The monoisotopic (exact) mass is 260 g/mol. The normalized spacial score (nSPS) is 13.7. The van der Waals surface area contributed by atoms with Gasteiger partial charge in [-0.2, -0.15) is 0 Å². The van der Waals surface area contributed by atoms with Crippen LogP contribution in [0.1, 0.15) is 24.8 Å². The predicted octanol–water partition coefficient (Wildman–Crippen LogP) is 1.18. The summed E-state index contributed by atoms with van der Waals surface area (Å²) in [6.45, 7) is 0. The van der Waals surface area contributed by atoms with Crippen molar-refractivity contribution in [2.45, 2.75) is 31.7 Å². The van der Waals surface area contributed by atoms with Crippen molar-refractivity contribution < 1.29 is 14.4 Å². The molecule has 1 aromatic carbocycles. The highest BCUT2D eigenvalue weighted by molar-refractivity contribution is 6.38. The molecule has 0 spiro atoms. The average molecular weight is 260 g/mol. The van der Waals surface area contributed by atoms with Crippen molar-refractivity contribution in [3.05, 3.63) is 35.9 Å². The van der Waals surface area contributed by atoms with E-state index in [4.69, 9.17) is 0 Å². The van der Waals surface area contributed by atoms with Crippen LogP contribution in [0.15, 0.2) is 30.3 Å². The summed E-state index contributed by atoms with van der Waals surface area (Å²) in [7, 11) is 0. The van der Waals surface area contributed by atoms with Gasteiger partial charge in [-0.05, 0) is 24.8 Å². The van der Waals surface area contributed by atoms with E-state index in [1.807, 2.05) is 35.6 Å². The smallest absolute Gasteiger partial charge is 0.322 e. The standard InChI is InChI=1S/C14H16N2O3/c17-12(9-6-10-4-2-1-3-5-10)13(18)16-14(19)15-11-7-8-11/h1-5,11H,6-9H2,(H2,15,16,18,19). The third kappa shape index (κ3) is 4.54. The number of carbonyl (C=O) groups is 3. The Morgan fingerprint density at radius 2 is 1.79 bits per heavy atom. The first kappa shape index (κ1) is 13.3. The Hall–Kier alpha value is -2.17. The van der Waals surface area contributed by atoms with Crippen LogP contribution in [0.2, 0.25) is 0 Å². The second-order valence-corrected chi connectivity index (χ2v) is 4.61. The fraction of sp³-hybridized carbons (Fsp3) is 0.357. The SMILES string of the molecule is O=C(NC(=O)C(=O)CCc1ccccc1)NC1CC1. The molecule has 1 aliphatic rings. The second kappa shape index (κ2) is 6.13. The molecule has 1 fully saturated rings. The summed E-state index contributed by atoms with van der Waals surface area (Å²) in [5.74, 6) is -1.41. The average Bonchev–Trinajstić information content (AvgIpc) is 3.20. The van der Waals surface area contributed by atoms with Crippen LogP contribution in [-0.4, -0.2) is 23.8 Å². The number of aryl methyl sites for hydroxylation is 1. The van der Waals surface area contributed by atoms with Crippen LogP contribution in [0.25, 0.3) is 0 Å². The molecule has 0 atom stereocenters. The highest BCUT2D eigenvalue weighted by Crippen LogP contribution is 2.18. The van der Waals surface area contributed by atoms with Crippen LogP contribution in [0.4, 0.5) is 4.79 Å². The summed E-state index contributed by atoms with van der Waals surface area (Å²) in [6, 6.07) is 9.01. The molecule has 5 heteroatoms. The first-order valence-electron chi connectivity index (χ1n) is 6.34. The van der Waals surface area contributed by atoms with Gasteiger partial charge in [0.2, 0.25) is 5.78 Å². The minimum absolute atomic E-state index is 0.104. The zero-order valence-electron chi connectivity index (χ0n) is 10.5. The fourth-order valence-electron chi connectivity index (χ4n) is 1.64. The number of carbonyl (C=O) groups excluding carboxylic acids is 3. The first-order valence-corrected chi connectivity index (χ1v) is 6.34. The molecule has 5 nitrogen and oxygen atoms in total. The van der Waals surface area contributed by atoms with Gasteiger partial charge in [-0.15, -0.1) is 0 Å². The third-order valence-electron chi connectivity index (χ3n) is 2.88. The van der Waals surface area contributed by atoms with Crippen molar-refractivity contribution >= 4 is 17.7 Å². The number of hydrogen-bond donors (Lipinski definition) is 2. The van der Waals surface area contributed by atoms with Crippen LogP contribution >= 0.6 is 0 Å². The second-order valence-electron chi connectivity index (χ2n) is 4.61. The lowest BCUT2D eigenvalue weighted by Gasteiger charge is -2.04. The molecule has 0 radical (unpaired) electrons. The van der Waals surface area contributed by atoms with Gasteiger partial charge in [-0.1, -0.05) is 30.3 Å². The van der Waals surface area contributed by atoms with E-state index < -0.39 is 17.7 Å². The Labute approximate surface area is 111 Å². The molecule has 3 amide bonds. The maximum Gasteiger partial charge on any atom is 0.322 e. The number of Topliss-reactive ketones (excluding diaryl/α,β-unsaturated/α-hetero) is 1.